The van der Waals surface area contributed by atoms with Crippen LogP contribution in [0.2, 0.25) is 5.02 Å². The van der Waals surface area contributed by atoms with Crippen molar-refractivity contribution in [1.29, 1.82) is 0 Å². The number of para-hydroxylation sites is 1. The van der Waals surface area contributed by atoms with Crippen molar-refractivity contribution in [1.82, 2.24) is 20.7 Å². The summed E-state index contributed by atoms with van der Waals surface area (Å²) in [7, 11) is 0. The van der Waals surface area contributed by atoms with Crippen LogP contribution in [0.15, 0.2) is 60.8 Å². The lowest BCUT2D eigenvalue weighted by molar-refractivity contribution is -0.122. The van der Waals surface area contributed by atoms with Gasteiger partial charge in [-0.3, -0.25) is 25.8 Å². The number of aromatic nitrogens is 1. The third kappa shape index (κ3) is 4.38. The topological polar surface area (TPSA) is 75.2 Å². The maximum absolute atomic E-state index is 12.1. The van der Waals surface area contributed by atoms with Crippen molar-refractivity contribution in [2.45, 2.75) is 6.54 Å². The molecule has 0 spiro atoms. The van der Waals surface area contributed by atoms with E-state index in [4.69, 9.17) is 23.8 Å². The second-order valence-electron chi connectivity index (χ2n) is 5.47. The minimum Gasteiger partial charge on any atom is -0.338 e. The summed E-state index contributed by atoms with van der Waals surface area (Å²) < 4.78 is 1.82. The first-order valence-corrected chi connectivity index (χ1v) is 8.51. The van der Waals surface area contributed by atoms with Crippen LogP contribution in [0, 0.1) is 0 Å². The number of fused-ring (bicyclic) bond motifs is 1. The molecule has 2 aromatic carbocycles. The highest BCUT2D eigenvalue weighted by molar-refractivity contribution is 7.80. The van der Waals surface area contributed by atoms with Crippen LogP contribution in [0.1, 0.15) is 10.4 Å². The minimum atomic E-state index is -0.398. The molecule has 0 aliphatic heterocycles. The van der Waals surface area contributed by atoms with Crippen molar-refractivity contribution >= 4 is 51.6 Å². The molecule has 1 aromatic heterocycles. The molecule has 0 saturated heterocycles. The Kier molecular flexibility index (Phi) is 5.50. The van der Waals surface area contributed by atoms with Gasteiger partial charge >= 0.3 is 0 Å². The molecule has 0 atom stereocenters. The van der Waals surface area contributed by atoms with Crippen LogP contribution >= 0.6 is 23.8 Å². The normalized spacial score (nSPS) is 10.3. The molecule has 1 heterocycles. The lowest BCUT2D eigenvalue weighted by Gasteiger charge is -2.11. The van der Waals surface area contributed by atoms with Crippen LogP contribution in [-0.2, 0) is 11.3 Å². The maximum Gasteiger partial charge on any atom is 0.258 e. The molecule has 2 amide bonds. The minimum absolute atomic E-state index is 0.00401. The average Bonchev–Trinajstić information content (AvgIpc) is 3.03. The van der Waals surface area contributed by atoms with Crippen LogP contribution in [0.25, 0.3) is 10.9 Å². The molecule has 26 heavy (non-hydrogen) atoms. The fourth-order valence-electron chi connectivity index (χ4n) is 2.41. The van der Waals surface area contributed by atoms with E-state index in [1.54, 1.807) is 24.3 Å². The van der Waals surface area contributed by atoms with E-state index in [1.807, 2.05) is 41.1 Å². The number of amides is 2. The number of nitrogens with zero attached hydrogens (tertiary/aromatic N) is 1. The third-order valence-electron chi connectivity index (χ3n) is 3.64. The van der Waals surface area contributed by atoms with Crippen LogP contribution in [0.5, 0.6) is 0 Å². The predicted molar refractivity (Wildman–Crippen MR) is 105 cm³/mol. The highest BCUT2D eigenvalue weighted by Crippen LogP contribution is 2.14. The SMILES string of the molecule is O=C(Cn1ccc2ccccc21)NNC(=S)NC(=O)c1ccc(Cl)cc1. The lowest BCUT2D eigenvalue weighted by atomic mass is 10.2. The molecular formula is C18H15ClN4O2S. The molecule has 3 rings (SSSR count). The standard InChI is InChI=1S/C18H15ClN4O2S/c19-14-7-5-13(6-8-14)17(25)20-18(26)22-21-16(24)11-23-10-9-12-3-1-2-4-15(12)23/h1-10H,11H2,(H,21,24)(H2,20,22,25,26). The zero-order valence-corrected chi connectivity index (χ0v) is 15.1. The Balaban J connectivity index is 1.50. The summed E-state index contributed by atoms with van der Waals surface area (Å²) in [6.45, 7) is 0.119. The van der Waals surface area contributed by atoms with Gasteiger partial charge in [0.05, 0.1) is 0 Å². The summed E-state index contributed by atoms with van der Waals surface area (Å²) >= 11 is 10.8. The van der Waals surface area contributed by atoms with E-state index in [0.29, 0.717) is 10.6 Å². The van der Waals surface area contributed by atoms with Crippen molar-refractivity contribution in [3.8, 4) is 0 Å². The van der Waals surface area contributed by atoms with Crippen molar-refractivity contribution in [3.63, 3.8) is 0 Å². The molecule has 0 unspecified atom stereocenters. The fourth-order valence-corrected chi connectivity index (χ4v) is 2.68. The van der Waals surface area contributed by atoms with Crippen molar-refractivity contribution in [3.05, 3.63) is 71.4 Å². The Hall–Kier alpha value is -2.90. The first-order chi connectivity index (χ1) is 12.5. The second-order valence-corrected chi connectivity index (χ2v) is 6.31. The molecule has 0 fully saturated rings. The molecule has 6 nitrogen and oxygen atoms in total. The summed E-state index contributed by atoms with van der Waals surface area (Å²) in [6.07, 6.45) is 1.84. The van der Waals surface area contributed by atoms with Gasteiger partial charge in [-0.1, -0.05) is 29.8 Å². The number of rotatable bonds is 3. The van der Waals surface area contributed by atoms with E-state index in [2.05, 4.69) is 16.2 Å². The Bertz CT molecular complexity index is 969. The number of hydrogen-bond donors (Lipinski definition) is 3. The lowest BCUT2D eigenvalue weighted by Crippen LogP contribution is -2.49. The number of nitrogens with one attached hydrogen (secondary N) is 3. The van der Waals surface area contributed by atoms with Crippen LogP contribution < -0.4 is 16.2 Å². The van der Waals surface area contributed by atoms with Gasteiger partial charge in [0.1, 0.15) is 6.54 Å². The molecule has 132 valence electrons. The number of hydrazine groups is 1. The van der Waals surface area contributed by atoms with Crippen molar-refractivity contribution in [2.75, 3.05) is 0 Å². The van der Waals surface area contributed by atoms with Crippen molar-refractivity contribution < 1.29 is 9.59 Å². The number of thiocarbonyl (C=S) groups is 1. The molecule has 0 aliphatic carbocycles. The van der Waals surface area contributed by atoms with E-state index < -0.39 is 5.91 Å². The van der Waals surface area contributed by atoms with Gasteiger partial charge < -0.3 is 4.57 Å². The van der Waals surface area contributed by atoms with Gasteiger partial charge in [0.25, 0.3) is 11.8 Å². The Labute approximate surface area is 160 Å². The van der Waals surface area contributed by atoms with E-state index >= 15 is 0 Å². The quantitative estimate of drug-likeness (QED) is 0.478. The van der Waals surface area contributed by atoms with Gasteiger partial charge in [0.2, 0.25) is 0 Å². The Morgan fingerprint density at radius 3 is 2.50 bits per heavy atom. The Morgan fingerprint density at radius 1 is 1.00 bits per heavy atom. The first kappa shape index (κ1) is 17.9. The molecule has 0 aliphatic rings. The summed E-state index contributed by atoms with van der Waals surface area (Å²) in [5, 5.41) is 4.06. The molecule has 3 N–H and O–H groups in total. The molecule has 0 bridgehead atoms. The average molecular weight is 387 g/mol. The van der Waals surface area contributed by atoms with Crippen LogP contribution in [0.4, 0.5) is 0 Å². The van der Waals surface area contributed by atoms with Gasteiger partial charge in [-0.25, -0.2) is 0 Å². The zero-order chi connectivity index (χ0) is 18.5. The first-order valence-electron chi connectivity index (χ1n) is 7.72. The zero-order valence-electron chi connectivity index (χ0n) is 13.5. The van der Waals surface area contributed by atoms with Gasteiger partial charge in [-0.15, -0.1) is 0 Å². The van der Waals surface area contributed by atoms with E-state index in [0.717, 1.165) is 10.9 Å². The van der Waals surface area contributed by atoms with E-state index in [1.165, 1.54) is 0 Å². The van der Waals surface area contributed by atoms with Gasteiger partial charge in [-0.2, -0.15) is 0 Å². The molecule has 0 radical (unpaired) electrons. The van der Waals surface area contributed by atoms with E-state index in [9.17, 15) is 9.59 Å². The van der Waals surface area contributed by atoms with Crippen molar-refractivity contribution in [2.24, 2.45) is 0 Å². The maximum atomic E-state index is 12.1. The van der Waals surface area contributed by atoms with Crippen LogP contribution in [-0.4, -0.2) is 21.5 Å². The largest absolute Gasteiger partial charge is 0.338 e. The van der Waals surface area contributed by atoms with Gasteiger partial charge in [0.15, 0.2) is 5.11 Å². The third-order valence-corrected chi connectivity index (χ3v) is 4.10. The Morgan fingerprint density at radius 2 is 1.73 bits per heavy atom. The summed E-state index contributed by atoms with van der Waals surface area (Å²) in [4.78, 5) is 24.1. The number of carbonyl (C=O) groups is 2. The number of carbonyl (C=O) groups excluding carboxylic acids is 2. The fraction of sp³-hybridized carbons (Fsp3) is 0.0556. The van der Waals surface area contributed by atoms with Gasteiger partial charge in [0, 0.05) is 22.3 Å². The monoisotopic (exact) mass is 386 g/mol. The van der Waals surface area contributed by atoms with Crippen LogP contribution in [0.3, 0.4) is 0 Å². The highest BCUT2D eigenvalue weighted by Gasteiger charge is 2.09. The summed E-state index contributed by atoms with van der Waals surface area (Å²) in [5.41, 5.74) is 6.35. The number of hydrogen-bond acceptors (Lipinski definition) is 3. The number of halogens is 1. The van der Waals surface area contributed by atoms with Gasteiger partial charge in [-0.05, 0) is 54.0 Å². The molecular weight excluding hydrogens is 372 g/mol. The summed E-state index contributed by atoms with van der Waals surface area (Å²) in [5.74, 6) is -0.695. The second kappa shape index (κ2) is 7.99. The summed E-state index contributed by atoms with van der Waals surface area (Å²) in [6, 6.07) is 16.1. The van der Waals surface area contributed by atoms with E-state index in [-0.39, 0.29) is 17.6 Å². The predicted octanol–water partition coefficient (Wildman–Crippen LogP) is 2.63. The molecule has 3 aromatic rings. The number of benzene rings is 2. The molecule has 8 heteroatoms. The highest BCUT2D eigenvalue weighted by atomic mass is 35.5. The smallest absolute Gasteiger partial charge is 0.258 e. The molecule has 0 saturated carbocycles.